The summed E-state index contributed by atoms with van der Waals surface area (Å²) in [6.07, 6.45) is -0.663. The molecule has 2 rings (SSSR count). The van der Waals surface area contributed by atoms with Crippen LogP contribution in [0.25, 0.3) is 0 Å². The van der Waals surface area contributed by atoms with Crippen molar-refractivity contribution in [2.75, 3.05) is 5.32 Å². The fourth-order valence-corrected chi connectivity index (χ4v) is 2.50. The molecule has 0 bridgehead atoms. The van der Waals surface area contributed by atoms with Gasteiger partial charge in [0, 0.05) is 5.69 Å². The van der Waals surface area contributed by atoms with Crippen molar-refractivity contribution in [3.8, 4) is 11.8 Å². The predicted molar refractivity (Wildman–Crippen MR) is 90.5 cm³/mol. The molecule has 0 aliphatic carbocycles. The summed E-state index contributed by atoms with van der Waals surface area (Å²) in [5.41, 5.74) is 4.53. The number of hydrogen-bond acceptors (Lipinski definition) is 3. The normalized spacial score (nSPS) is 11.4. The Kier molecular flexibility index (Phi) is 5.02. The highest BCUT2D eigenvalue weighted by molar-refractivity contribution is 5.95. The van der Waals surface area contributed by atoms with Gasteiger partial charge in [-0.05, 0) is 57.0 Å². The summed E-state index contributed by atoms with van der Waals surface area (Å²) in [4.78, 5) is 12.4. The predicted octanol–water partition coefficient (Wildman–Crippen LogP) is 3.89. The van der Waals surface area contributed by atoms with Gasteiger partial charge in [0.25, 0.3) is 5.91 Å². The van der Waals surface area contributed by atoms with Crippen LogP contribution < -0.4 is 10.1 Å². The van der Waals surface area contributed by atoms with Crippen LogP contribution >= 0.6 is 0 Å². The molecule has 1 N–H and O–H groups in total. The lowest BCUT2D eigenvalue weighted by Crippen LogP contribution is -2.30. The summed E-state index contributed by atoms with van der Waals surface area (Å²) in [5.74, 6) is 0.284. The highest BCUT2D eigenvalue weighted by Gasteiger charge is 2.17. The van der Waals surface area contributed by atoms with E-state index in [2.05, 4.69) is 5.32 Å². The summed E-state index contributed by atoms with van der Waals surface area (Å²) in [7, 11) is 0. The maximum Gasteiger partial charge on any atom is 0.265 e. The Balaban J connectivity index is 2.10. The number of hydrogen-bond donors (Lipinski definition) is 1. The monoisotopic (exact) mass is 308 g/mol. The molecule has 0 aliphatic heterocycles. The standard InChI is InChI=1S/C19H20N2O2/c1-12-8-13(2)18(14(3)9-12)21-19(22)15(4)23-17-7-5-6-16(10-17)11-20/h5-10,15H,1-4H3,(H,21,22)/t15-/m1/s1. The first kappa shape index (κ1) is 16.6. The quantitative estimate of drug-likeness (QED) is 0.932. The number of carbonyl (C=O) groups excluding carboxylic acids is 1. The van der Waals surface area contributed by atoms with Gasteiger partial charge >= 0.3 is 0 Å². The second-order valence-electron chi connectivity index (χ2n) is 5.66. The molecule has 0 heterocycles. The molecule has 1 amide bonds. The molecule has 0 aromatic heterocycles. The molecule has 0 radical (unpaired) electrons. The third-order valence-electron chi connectivity index (χ3n) is 3.57. The van der Waals surface area contributed by atoms with E-state index in [0.717, 1.165) is 22.4 Å². The average Bonchev–Trinajstić information content (AvgIpc) is 2.50. The van der Waals surface area contributed by atoms with Gasteiger partial charge in [-0.15, -0.1) is 0 Å². The number of rotatable bonds is 4. The zero-order chi connectivity index (χ0) is 17.0. The molecule has 4 heteroatoms. The van der Waals surface area contributed by atoms with Gasteiger partial charge in [0.15, 0.2) is 6.10 Å². The van der Waals surface area contributed by atoms with E-state index in [1.807, 2.05) is 39.0 Å². The Bertz CT molecular complexity index is 752. The number of aryl methyl sites for hydroxylation is 3. The average molecular weight is 308 g/mol. The van der Waals surface area contributed by atoms with E-state index in [9.17, 15) is 4.79 Å². The minimum atomic E-state index is -0.663. The molecule has 0 fully saturated rings. The number of nitrogens with one attached hydrogen (secondary N) is 1. The number of benzene rings is 2. The van der Waals surface area contributed by atoms with Crippen LogP contribution in [0.4, 0.5) is 5.69 Å². The van der Waals surface area contributed by atoms with E-state index in [1.54, 1.807) is 31.2 Å². The lowest BCUT2D eigenvalue weighted by molar-refractivity contribution is -0.122. The lowest BCUT2D eigenvalue weighted by atomic mass is 10.0. The number of nitriles is 1. The zero-order valence-electron chi connectivity index (χ0n) is 13.8. The molecule has 1 atom stereocenters. The molecular weight excluding hydrogens is 288 g/mol. The van der Waals surface area contributed by atoms with E-state index in [1.165, 1.54) is 0 Å². The van der Waals surface area contributed by atoms with Crippen LogP contribution in [-0.4, -0.2) is 12.0 Å². The van der Waals surface area contributed by atoms with Crippen LogP contribution in [0.3, 0.4) is 0 Å². The first-order chi connectivity index (χ1) is 10.9. The van der Waals surface area contributed by atoms with Crippen LogP contribution in [-0.2, 0) is 4.79 Å². The lowest BCUT2D eigenvalue weighted by Gasteiger charge is -2.17. The first-order valence-corrected chi connectivity index (χ1v) is 7.46. The molecule has 4 nitrogen and oxygen atoms in total. The summed E-state index contributed by atoms with van der Waals surface area (Å²) >= 11 is 0. The smallest absolute Gasteiger partial charge is 0.265 e. The van der Waals surface area contributed by atoms with Crippen LogP contribution in [0.2, 0.25) is 0 Å². The van der Waals surface area contributed by atoms with Gasteiger partial charge in [0.1, 0.15) is 5.75 Å². The molecule has 0 spiro atoms. The summed E-state index contributed by atoms with van der Waals surface area (Å²) in [5, 5.41) is 11.8. The minimum absolute atomic E-state index is 0.220. The van der Waals surface area contributed by atoms with E-state index < -0.39 is 6.10 Å². The number of carbonyl (C=O) groups is 1. The molecule has 0 saturated carbocycles. The maximum atomic E-state index is 12.4. The topological polar surface area (TPSA) is 62.1 Å². The Morgan fingerprint density at radius 2 is 1.83 bits per heavy atom. The van der Waals surface area contributed by atoms with Gasteiger partial charge in [0.05, 0.1) is 11.6 Å². The summed E-state index contributed by atoms with van der Waals surface area (Å²) < 4.78 is 5.63. The van der Waals surface area contributed by atoms with Crippen LogP contribution in [0.1, 0.15) is 29.2 Å². The van der Waals surface area contributed by atoms with Crippen molar-refractivity contribution in [1.29, 1.82) is 5.26 Å². The van der Waals surface area contributed by atoms with Crippen LogP contribution in [0, 0.1) is 32.1 Å². The van der Waals surface area contributed by atoms with Crippen molar-refractivity contribution in [3.05, 3.63) is 58.7 Å². The number of amides is 1. The van der Waals surface area contributed by atoms with E-state index in [0.29, 0.717) is 11.3 Å². The first-order valence-electron chi connectivity index (χ1n) is 7.46. The van der Waals surface area contributed by atoms with Crippen molar-refractivity contribution in [2.24, 2.45) is 0 Å². The Hall–Kier alpha value is -2.80. The van der Waals surface area contributed by atoms with Crippen molar-refractivity contribution in [2.45, 2.75) is 33.8 Å². The van der Waals surface area contributed by atoms with Gasteiger partial charge in [-0.2, -0.15) is 5.26 Å². The highest BCUT2D eigenvalue weighted by atomic mass is 16.5. The van der Waals surface area contributed by atoms with Gasteiger partial charge in [-0.3, -0.25) is 4.79 Å². The minimum Gasteiger partial charge on any atom is -0.481 e. The van der Waals surface area contributed by atoms with Crippen LogP contribution in [0.5, 0.6) is 5.75 Å². The number of anilines is 1. The second kappa shape index (κ2) is 6.97. The molecule has 23 heavy (non-hydrogen) atoms. The fraction of sp³-hybridized carbons (Fsp3) is 0.263. The van der Waals surface area contributed by atoms with Crippen molar-refractivity contribution in [3.63, 3.8) is 0 Å². The molecular formula is C19H20N2O2. The zero-order valence-corrected chi connectivity index (χ0v) is 13.8. The Morgan fingerprint density at radius 1 is 1.17 bits per heavy atom. The van der Waals surface area contributed by atoms with Crippen molar-refractivity contribution < 1.29 is 9.53 Å². The largest absolute Gasteiger partial charge is 0.481 e. The third kappa shape index (κ3) is 4.10. The van der Waals surface area contributed by atoms with E-state index in [-0.39, 0.29) is 5.91 Å². The SMILES string of the molecule is Cc1cc(C)c(NC(=O)[C@@H](C)Oc2cccc(C#N)c2)c(C)c1. The van der Waals surface area contributed by atoms with E-state index in [4.69, 9.17) is 10.00 Å². The van der Waals surface area contributed by atoms with E-state index >= 15 is 0 Å². The molecule has 0 saturated heterocycles. The molecule has 2 aromatic rings. The molecule has 2 aromatic carbocycles. The van der Waals surface area contributed by atoms with Crippen molar-refractivity contribution >= 4 is 11.6 Å². The summed E-state index contributed by atoms with van der Waals surface area (Å²) in [6.45, 7) is 7.65. The van der Waals surface area contributed by atoms with Crippen LogP contribution in [0.15, 0.2) is 36.4 Å². The molecule has 118 valence electrons. The number of ether oxygens (including phenoxy) is 1. The number of nitrogens with zero attached hydrogens (tertiary/aromatic N) is 1. The van der Waals surface area contributed by atoms with Crippen molar-refractivity contribution in [1.82, 2.24) is 0 Å². The third-order valence-corrected chi connectivity index (χ3v) is 3.57. The summed E-state index contributed by atoms with van der Waals surface area (Å²) in [6, 6.07) is 12.9. The maximum absolute atomic E-state index is 12.4. The molecule has 0 unspecified atom stereocenters. The van der Waals surface area contributed by atoms with Gasteiger partial charge in [0.2, 0.25) is 0 Å². The fourth-order valence-electron chi connectivity index (χ4n) is 2.50. The second-order valence-corrected chi connectivity index (χ2v) is 5.66. The van der Waals surface area contributed by atoms with Gasteiger partial charge in [-0.1, -0.05) is 23.8 Å². The molecule has 0 aliphatic rings. The Labute approximate surface area is 136 Å². The van der Waals surface area contributed by atoms with Gasteiger partial charge < -0.3 is 10.1 Å². The van der Waals surface area contributed by atoms with Gasteiger partial charge in [-0.25, -0.2) is 0 Å². The Morgan fingerprint density at radius 3 is 2.43 bits per heavy atom. The highest BCUT2D eigenvalue weighted by Crippen LogP contribution is 2.22.